The van der Waals surface area contributed by atoms with Gasteiger partial charge >= 0.3 is 0 Å². The first-order valence-electron chi connectivity index (χ1n) is 6.85. The van der Waals surface area contributed by atoms with Gasteiger partial charge in [0.05, 0.1) is 5.69 Å². The third-order valence-corrected chi connectivity index (χ3v) is 4.49. The molecule has 110 valence electrons. The van der Waals surface area contributed by atoms with Crippen LogP contribution < -0.4 is 5.73 Å². The number of thiazole rings is 1. The summed E-state index contributed by atoms with van der Waals surface area (Å²) < 4.78 is 0. The summed E-state index contributed by atoms with van der Waals surface area (Å²) in [5, 5.41) is 2.81. The summed E-state index contributed by atoms with van der Waals surface area (Å²) in [6.45, 7) is 3.94. The van der Waals surface area contributed by atoms with E-state index in [0.29, 0.717) is 5.56 Å². The van der Waals surface area contributed by atoms with Gasteiger partial charge in [-0.1, -0.05) is 6.07 Å². The lowest BCUT2D eigenvalue weighted by Gasteiger charge is -2.15. The van der Waals surface area contributed by atoms with Crippen LogP contribution in [0.3, 0.4) is 0 Å². The van der Waals surface area contributed by atoms with Gasteiger partial charge in [-0.25, -0.2) is 4.98 Å². The van der Waals surface area contributed by atoms with Crippen LogP contribution in [0.1, 0.15) is 21.5 Å². The SMILES string of the molecule is Cc1c(C(N)=O)cc(-c2ccccn2)c(C)c1-c1nccs1. The summed E-state index contributed by atoms with van der Waals surface area (Å²) in [6, 6.07) is 7.54. The number of nitrogens with zero attached hydrogens (tertiary/aromatic N) is 2. The molecule has 0 atom stereocenters. The molecule has 2 N–H and O–H groups in total. The van der Waals surface area contributed by atoms with Crippen LogP contribution in [0.25, 0.3) is 21.8 Å². The van der Waals surface area contributed by atoms with Gasteiger partial charge in [0.25, 0.3) is 0 Å². The predicted octanol–water partition coefficient (Wildman–Crippen LogP) is 3.59. The van der Waals surface area contributed by atoms with E-state index in [2.05, 4.69) is 9.97 Å². The molecule has 0 saturated carbocycles. The van der Waals surface area contributed by atoms with E-state index in [1.807, 2.05) is 43.5 Å². The lowest BCUT2D eigenvalue weighted by atomic mass is 9.91. The molecule has 2 aromatic heterocycles. The zero-order chi connectivity index (χ0) is 15.7. The van der Waals surface area contributed by atoms with Crippen molar-refractivity contribution in [1.29, 1.82) is 0 Å². The standard InChI is InChI=1S/C17H15N3OS/c1-10-12(14-5-3-4-6-19-14)9-13(16(18)21)11(2)15(10)17-20-7-8-22-17/h3-9H,1-2H3,(H2,18,21). The highest BCUT2D eigenvalue weighted by molar-refractivity contribution is 7.13. The maximum atomic E-state index is 11.8. The third-order valence-electron chi connectivity index (χ3n) is 3.70. The van der Waals surface area contributed by atoms with Crippen LogP contribution in [0.2, 0.25) is 0 Å². The molecule has 3 aromatic rings. The van der Waals surface area contributed by atoms with Crippen molar-refractivity contribution in [1.82, 2.24) is 9.97 Å². The van der Waals surface area contributed by atoms with Crippen molar-refractivity contribution in [2.24, 2.45) is 5.73 Å². The van der Waals surface area contributed by atoms with E-state index in [1.54, 1.807) is 23.7 Å². The maximum Gasteiger partial charge on any atom is 0.249 e. The lowest BCUT2D eigenvalue weighted by Crippen LogP contribution is -2.14. The Bertz CT molecular complexity index is 827. The van der Waals surface area contributed by atoms with E-state index in [-0.39, 0.29) is 0 Å². The molecular weight excluding hydrogens is 294 g/mol. The second-order valence-electron chi connectivity index (χ2n) is 5.01. The molecule has 0 aliphatic rings. The van der Waals surface area contributed by atoms with Crippen LogP contribution >= 0.6 is 11.3 Å². The molecule has 0 spiro atoms. The molecule has 3 rings (SSSR count). The Morgan fingerprint density at radius 2 is 1.95 bits per heavy atom. The molecule has 1 amide bonds. The lowest BCUT2D eigenvalue weighted by molar-refractivity contribution is 0.1000. The predicted molar refractivity (Wildman–Crippen MR) is 88.8 cm³/mol. The van der Waals surface area contributed by atoms with Gasteiger partial charge < -0.3 is 5.73 Å². The second-order valence-corrected chi connectivity index (χ2v) is 5.91. The smallest absolute Gasteiger partial charge is 0.249 e. The Kier molecular flexibility index (Phi) is 3.73. The zero-order valence-electron chi connectivity index (χ0n) is 12.3. The first-order valence-corrected chi connectivity index (χ1v) is 7.73. The molecule has 5 heteroatoms. The molecule has 0 saturated heterocycles. The van der Waals surface area contributed by atoms with E-state index in [9.17, 15) is 4.79 Å². The number of rotatable bonds is 3. The van der Waals surface area contributed by atoms with Gasteiger partial charge in [-0.05, 0) is 43.2 Å². The van der Waals surface area contributed by atoms with E-state index in [0.717, 1.165) is 33.0 Å². The van der Waals surface area contributed by atoms with Crippen molar-refractivity contribution in [3.63, 3.8) is 0 Å². The molecule has 0 radical (unpaired) electrons. The normalized spacial score (nSPS) is 10.6. The minimum absolute atomic E-state index is 0.438. The Hall–Kier alpha value is -2.53. The maximum absolute atomic E-state index is 11.8. The number of carbonyl (C=O) groups is 1. The minimum atomic E-state index is -0.438. The van der Waals surface area contributed by atoms with Gasteiger partial charge in [0.2, 0.25) is 5.91 Å². The number of nitrogens with two attached hydrogens (primary N) is 1. The van der Waals surface area contributed by atoms with Gasteiger partial charge in [0.15, 0.2) is 0 Å². The molecule has 0 aliphatic heterocycles. The van der Waals surface area contributed by atoms with E-state index in [1.165, 1.54) is 0 Å². The molecular formula is C17H15N3OS. The van der Waals surface area contributed by atoms with Gasteiger partial charge in [-0.2, -0.15) is 0 Å². The molecule has 0 fully saturated rings. The number of hydrogen-bond acceptors (Lipinski definition) is 4. The van der Waals surface area contributed by atoms with Crippen LogP contribution in [0.5, 0.6) is 0 Å². The van der Waals surface area contributed by atoms with E-state index in [4.69, 9.17) is 5.73 Å². The summed E-state index contributed by atoms with van der Waals surface area (Å²) in [4.78, 5) is 20.6. The summed E-state index contributed by atoms with van der Waals surface area (Å²) in [6.07, 6.45) is 3.50. The zero-order valence-corrected chi connectivity index (χ0v) is 13.1. The summed E-state index contributed by atoms with van der Waals surface area (Å²) >= 11 is 1.55. The highest BCUT2D eigenvalue weighted by atomic mass is 32.1. The van der Waals surface area contributed by atoms with Crippen molar-refractivity contribution in [3.05, 3.63) is 58.7 Å². The van der Waals surface area contributed by atoms with Gasteiger partial charge in [0.1, 0.15) is 5.01 Å². The second kappa shape index (κ2) is 5.69. The van der Waals surface area contributed by atoms with Crippen LogP contribution in [-0.4, -0.2) is 15.9 Å². The van der Waals surface area contributed by atoms with Gasteiger partial charge in [-0.15, -0.1) is 11.3 Å². The highest BCUT2D eigenvalue weighted by Crippen LogP contribution is 2.36. The summed E-state index contributed by atoms with van der Waals surface area (Å²) in [7, 11) is 0. The molecule has 22 heavy (non-hydrogen) atoms. The average Bonchev–Trinajstić information content (AvgIpc) is 3.02. The van der Waals surface area contributed by atoms with Crippen LogP contribution in [0, 0.1) is 13.8 Å². The minimum Gasteiger partial charge on any atom is -0.366 e. The van der Waals surface area contributed by atoms with Crippen molar-refractivity contribution in [3.8, 4) is 21.8 Å². The topological polar surface area (TPSA) is 68.9 Å². The molecule has 4 nitrogen and oxygen atoms in total. The van der Waals surface area contributed by atoms with Crippen LogP contribution in [0.4, 0.5) is 0 Å². The van der Waals surface area contributed by atoms with Crippen molar-refractivity contribution in [2.75, 3.05) is 0 Å². The highest BCUT2D eigenvalue weighted by Gasteiger charge is 2.19. The van der Waals surface area contributed by atoms with Crippen molar-refractivity contribution < 1.29 is 4.79 Å². The molecule has 0 aliphatic carbocycles. The average molecular weight is 309 g/mol. The first kappa shape index (κ1) is 14.4. The van der Waals surface area contributed by atoms with Crippen LogP contribution in [0.15, 0.2) is 42.0 Å². The Morgan fingerprint density at radius 1 is 1.14 bits per heavy atom. The Labute approximate surface area is 132 Å². The summed E-state index contributed by atoms with van der Waals surface area (Å²) in [5.74, 6) is -0.438. The number of amides is 1. The van der Waals surface area contributed by atoms with Gasteiger partial charge in [-0.3, -0.25) is 9.78 Å². The van der Waals surface area contributed by atoms with Crippen molar-refractivity contribution in [2.45, 2.75) is 13.8 Å². The molecule has 0 bridgehead atoms. The Balaban J connectivity index is 2.35. The monoisotopic (exact) mass is 309 g/mol. The van der Waals surface area contributed by atoms with Crippen LogP contribution in [-0.2, 0) is 0 Å². The van der Waals surface area contributed by atoms with E-state index < -0.39 is 5.91 Å². The number of primary amides is 1. The molecule has 1 aromatic carbocycles. The first-order chi connectivity index (χ1) is 10.6. The number of aromatic nitrogens is 2. The Morgan fingerprint density at radius 3 is 2.55 bits per heavy atom. The number of carbonyl (C=O) groups excluding carboxylic acids is 1. The quantitative estimate of drug-likeness (QED) is 0.804. The number of pyridine rings is 1. The number of benzene rings is 1. The third kappa shape index (κ3) is 2.40. The van der Waals surface area contributed by atoms with Gasteiger partial charge in [0, 0.05) is 34.5 Å². The summed E-state index contributed by atoms with van der Waals surface area (Å²) in [5.41, 5.74) is 10.7. The fourth-order valence-electron chi connectivity index (χ4n) is 2.62. The van der Waals surface area contributed by atoms with E-state index >= 15 is 0 Å². The fourth-order valence-corrected chi connectivity index (χ4v) is 3.42. The van der Waals surface area contributed by atoms with Crippen molar-refractivity contribution >= 4 is 17.2 Å². The molecule has 0 unspecified atom stereocenters. The largest absolute Gasteiger partial charge is 0.366 e. The number of hydrogen-bond donors (Lipinski definition) is 1. The molecule has 2 heterocycles. The fraction of sp³-hybridized carbons (Fsp3) is 0.118.